The van der Waals surface area contributed by atoms with Crippen molar-refractivity contribution in [1.82, 2.24) is 9.78 Å². The van der Waals surface area contributed by atoms with Gasteiger partial charge in [-0.15, -0.1) is 0 Å². The maximum Gasteiger partial charge on any atom is 0.145 e. The molecule has 0 atom stereocenters. The Balaban J connectivity index is 1.93. The van der Waals surface area contributed by atoms with Gasteiger partial charge in [-0.05, 0) is 50.5 Å². The standard InChI is InChI=1S/C21H21F2N3O/c1-2-27-19-9-4-3-8-18(19)26-21-16(7-5-6-12-24-21)20(25-26)15-11-10-14(22)13-17(15)23/h3-4,8-11,13,24H,2,5-7,12H2,1H3. The number of nitrogens with one attached hydrogen (secondary N) is 1. The predicted molar refractivity (Wildman–Crippen MR) is 102 cm³/mol. The van der Waals surface area contributed by atoms with Crippen molar-refractivity contribution in [3.8, 4) is 22.7 Å². The zero-order valence-corrected chi connectivity index (χ0v) is 15.1. The number of aromatic nitrogens is 2. The number of nitrogens with zero attached hydrogens (tertiary/aromatic N) is 2. The number of hydrogen-bond acceptors (Lipinski definition) is 3. The molecule has 2 aromatic carbocycles. The van der Waals surface area contributed by atoms with Crippen LogP contribution in [0.15, 0.2) is 42.5 Å². The molecule has 1 N–H and O–H groups in total. The lowest BCUT2D eigenvalue weighted by Crippen LogP contribution is -2.08. The monoisotopic (exact) mass is 369 g/mol. The van der Waals surface area contributed by atoms with Crippen LogP contribution in [0.2, 0.25) is 0 Å². The molecular formula is C21H21F2N3O. The van der Waals surface area contributed by atoms with E-state index in [1.165, 1.54) is 12.1 Å². The number of ether oxygens (including phenoxy) is 1. The van der Waals surface area contributed by atoms with E-state index in [0.717, 1.165) is 48.9 Å². The van der Waals surface area contributed by atoms with Crippen molar-refractivity contribution in [2.45, 2.75) is 26.2 Å². The van der Waals surface area contributed by atoms with E-state index in [1.807, 2.05) is 31.2 Å². The molecule has 0 amide bonds. The molecule has 1 aliphatic heterocycles. The maximum absolute atomic E-state index is 14.5. The number of halogens is 2. The van der Waals surface area contributed by atoms with Crippen LogP contribution in [0.1, 0.15) is 25.3 Å². The lowest BCUT2D eigenvalue weighted by atomic mass is 10.0. The van der Waals surface area contributed by atoms with Crippen molar-refractivity contribution in [3.63, 3.8) is 0 Å². The molecular weight excluding hydrogens is 348 g/mol. The predicted octanol–water partition coefficient (Wildman–Crippen LogP) is 4.96. The highest BCUT2D eigenvalue weighted by Crippen LogP contribution is 2.37. The third-order valence-corrected chi connectivity index (χ3v) is 4.71. The molecule has 0 radical (unpaired) electrons. The highest BCUT2D eigenvalue weighted by Gasteiger charge is 2.24. The van der Waals surface area contributed by atoms with Crippen LogP contribution in [0.3, 0.4) is 0 Å². The van der Waals surface area contributed by atoms with Gasteiger partial charge in [-0.1, -0.05) is 12.1 Å². The Hall–Kier alpha value is -2.89. The lowest BCUT2D eigenvalue weighted by Gasteiger charge is -2.13. The highest BCUT2D eigenvalue weighted by molar-refractivity contribution is 5.72. The van der Waals surface area contributed by atoms with Gasteiger partial charge in [-0.3, -0.25) is 0 Å². The average Bonchev–Trinajstić information content (AvgIpc) is 2.84. The van der Waals surface area contributed by atoms with E-state index in [0.29, 0.717) is 23.6 Å². The SMILES string of the molecule is CCOc1ccccc1-n1nc(-c2ccc(F)cc2F)c2c1NCCCC2. The van der Waals surface area contributed by atoms with Gasteiger partial charge in [0.05, 0.1) is 6.61 Å². The molecule has 6 heteroatoms. The van der Waals surface area contributed by atoms with Crippen molar-refractivity contribution >= 4 is 5.82 Å². The number of hydrogen-bond donors (Lipinski definition) is 1. The first-order valence-electron chi connectivity index (χ1n) is 9.22. The van der Waals surface area contributed by atoms with Crippen molar-refractivity contribution in [1.29, 1.82) is 0 Å². The van der Waals surface area contributed by atoms with Gasteiger partial charge >= 0.3 is 0 Å². The average molecular weight is 369 g/mol. The van der Waals surface area contributed by atoms with Crippen LogP contribution in [-0.4, -0.2) is 22.9 Å². The van der Waals surface area contributed by atoms with Crippen LogP contribution in [0.5, 0.6) is 5.75 Å². The van der Waals surface area contributed by atoms with Gasteiger partial charge in [0, 0.05) is 23.7 Å². The van der Waals surface area contributed by atoms with Gasteiger partial charge in [0.15, 0.2) is 0 Å². The Morgan fingerprint density at radius 1 is 1.15 bits per heavy atom. The number of benzene rings is 2. The number of anilines is 1. The van der Waals surface area contributed by atoms with Crippen molar-refractivity contribution in [2.24, 2.45) is 0 Å². The van der Waals surface area contributed by atoms with Crippen LogP contribution in [0.25, 0.3) is 16.9 Å². The molecule has 1 aromatic heterocycles. The second kappa shape index (κ2) is 7.39. The Labute approximate surface area is 156 Å². The van der Waals surface area contributed by atoms with E-state index in [-0.39, 0.29) is 0 Å². The molecule has 1 aliphatic rings. The summed E-state index contributed by atoms with van der Waals surface area (Å²) in [6.07, 6.45) is 2.78. The largest absolute Gasteiger partial charge is 0.492 e. The second-order valence-corrected chi connectivity index (χ2v) is 6.50. The molecule has 140 valence electrons. The topological polar surface area (TPSA) is 39.1 Å². The van der Waals surface area contributed by atoms with Crippen LogP contribution in [0, 0.1) is 11.6 Å². The lowest BCUT2D eigenvalue weighted by molar-refractivity contribution is 0.338. The van der Waals surface area contributed by atoms with E-state index >= 15 is 0 Å². The summed E-state index contributed by atoms with van der Waals surface area (Å²) in [6.45, 7) is 3.28. The molecule has 0 fully saturated rings. The van der Waals surface area contributed by atoms with Gasteiger partial charge in [0.25, 0.3) is 0 Å². The van der Waals surface area contributed by atoms with Gasteiger partial charge < -0.3 is 10.1 Å². The third-order valence-electron chi connectivity index (χ3n) is 4.71. The summed E-state index contributed by atoms with van der Waals surface area (Å²) >= 11 is 0. The van der Waals surface area contributed by atoms with Gasteiger partial charge in [-0.25, -0.2) is 13.5 Å². The normalized spacial score (nSPS) is 13.6. The molecule has 3 aromatic rings. The molecule has 0 saturated heterocycles. The summed E-state index contributed by atoms with van der Waals surface area (Å²) in [4.78, 5) is 0. The fraction of sp³-hybridized carbons (Fsp3) is 0.286. The van der Waals surface area contributed by atoms with Crippen LogP contribution >= 0.6 is 0 Å². The molecule has 0 unspecified atom stereocenters. The Kier molecular flexibility index (Phi) is 4.79. The smallest absolute Gasteiger partial charge is 0.145 e. The zero-order valence-electron chi connectivity index (χ0n) is 15.1. The minimum absolute atomic E-state index is 0.309. The van der Waals surface area contributed by atoms with Gasteiger partial charge in [-0.2, -0.15) is 5.10 Å². The zero-order chi connectivity index (χ0) is 18.8. The first-order valence-corrected chi connectivity index (χ1v) is 9.22. The van der Waals surface area contributed by atoms with Crippen LogP contribution < -0.4 is 10.1 Å². The minimum atomic E-state index is -0.607. The first-order chi connectivity index (χ1) is 13.2. The second-order valence-electron chi connectivity index (χ2n) is 6.50. The molecule has 0 spiro atoms. The van der Waals surface area contributed by atoms with Crippen LogP contribution in [-0.2, 0) is 6.42 Å². The first kappa shape index (κ1) is 17.5. The van der Waals surface area contributed by atoms with Gasteiger partial charge in [0.1, 0.15) is 34.6 Å². The number of fused-ring (bicyclic) bond motifs is 1. The third kappa shape index (κ3) is 3.27. The highest BCUT2D eigenvalue weighted by atomic mass is 19.1. The minimum Gasteiger partial charge on any atom is -0.492 e. The fourth-order valence-electron chi connectivity index (χ4n) is 3.48. The summed E-state index contributed by atoms with van der Waals surface area (Å²) in [5, 5.41) is 8.15. The van der Waals surface area contributed by atoms with E-state index in [1.54, 1.807) is 4.68 Å². The van der Waals surface area contributed by atoms with E-state index in [4.69, 9.17) is 9.84 Å². The van der Waals surface area contributed by atoms with E-state index in [2.05, 4.69) is 5.32 Å². The van der Waals surface area contributed by atoms with Crippen LogP contribution in [0.4, 0.5) is 14.6 Å². The van der Waals surface area contributed by atoms with Crippen molar-refractivity contribution in [3.05, 3.63) is 59.7 Å². The summed E-state index contributed by atoms with van der Waals surface area (Å²) in [7, 11) is 0. The van der Waals surface area contributed by atoms with Crippen molar-refractivity contribution < 1.29 is 13.5 Å². The fourth-order valence-corrected chi connectivity index (χ4v) is 3.48. The summed E-state index contributed by atoms with van der Waals surface area (Å²) in [6, 6.07) is 11.3. The molecule has 0 bridgehead atoms. The summed E-state index contributed by atoms with van der Waals surface area (Å²) < 4.78 is 35.4. The molecule has 2 heterocycles. The Bertz CT molecular complexity index is 968. The number of rotatable bonds is 4. The quantitative estimate of drug-likeness (QED) is 0.706. The van der Waals surface area contributed by atoms with Gasteiger partial charge in [0.2, 0.25) is 0 Å². The maximum atomic E-state index is 14.5. The molecule has 4 nitrogen and oxygen atoms in total. The Morgan fingerprint density at radius 3 is 2.81 bits per heavy atom. The van der Waals surface area contributed by atoms with E-state index < -0.39 is 11.6 Å². The molecule has 0 aliphatic carbocycles. The van der Waals surface area contributed by atoms with Crippen molar-refractivity contribution in [2.75, 3.05) is 18.5 Å². The Morgan fingerprint density at radius 2 is 2.00 bits per heavy atom. The molecule has 27 heavy (non-hydrogen) atoms. The molecule has 4 rings (SSSR count). The molecule has 0 saturated carbocycles. The summed E-state index contributed by atoms with van der Waals surface area (Å²) in [5.74, 6) is 0.354. The summed E-state index contributed by atoms with van der Waals surface area (Å²) in [5.41, 5.74) is 2.59. The number of para-hydroxylation sites is 2. The van der Waals surface area contributed by atoms with E-state index in [9.17, 15) is 8.78 Å².